The Hall–Kier alpha value is -1.37. The molecule has 2 rings (SSSR count). The highest BCUT2D eigenvalue weighted by Gasteiger charge is 2.28. The van der Waals surface area contributed by atoms with E-state index in [0.717, 1.165) is 30.8 Å². The van der Waals surface area contributed by atoms with Gasteiger partial charge in [0.25, 0.3) is 0 Å². The number of benzene rings is 1. The van der Waals surface area contributed by atoms with Crippen molar-refractivity contribution in [1.82, 2.24) is 4.90 Å². The molecular formula is C14H19N3. The van der Waals surface area contributed by atoms with Crippen LogP contribution in [0.25, 0.3) is 0 Å². The molecule has 2 N–H and O–H groups in total. The minimum absolute atomic E-state index is 0.565. The Labute approximate surface area is 103 Å². The minimum atomic E-state index is 0.565. The van der Waals surface area contributed by atoms with Gasteiger partial charge in [-0.25, -0.2) is 0 Å². The highest BCUT2D eigenvalue weighted by atomic mass is 15.2. The normalized spacial score (nSPS) is 24.8. The predicted octanol–water partition coefficient (Wildman–Crippen LogP) is 1.73. The van der Waals surface area contributed by atoms with Crippen LogP contribution in [0.5, 0.6) is 0 Å². The quantitative estimate of drug-likeness (QED) is 0.858. The second kappa shape index (κ2) is 5.31. The van der Waals surface area contributed by atoms with Crippen molar-refractivity contribution in [3.63, 3.8) is 0 Å². The van der Waals surface area contributed by atoms with Crippen LogP contribution in [0.15, 0.2) is 24.3 Å². The first-order valence-corrected chi connectivity index (χ1v) is 6.16. The van der Waals surface area contributed by atoms with Crippen molar-refractivity contribution >= 4 is 0 Å². The molecule has 1 saturated heterocycles. The average molecular weight is 229 g/mol. The second-order valence-corrected chi connectivity index (χ2v) is 4.88. The molecule has 2 unspecified atom stereocenters. The smallest absolute Gasteiger partial charge is 0.0995 e. The van der Waals surface area contributed by atoms with E-state index in [1.807, 2.05) is 24.3 Å². The zero-order valence-electron chi connectivity index (χ0n) is 10.3. The molecule has 0 aromatic heterocycles. The Kier molecular flexibility index (Phi) is 3.78. The van der Waals surface area contributed by atoms with E-state index in [1.165, 1.54) is 6.42 Å². The molecule has 0 amide bonds. The summed E-state index contributed by atoms with van der Waals surface area (Å²) >= 11 is 0. The van der Waals surface area contributed by atoms with Gasteiger partial charge < -0.3 is 5.73 Å². The monoisotopic (exact) mass is 229 g/mol. The van der Waals surface area contributed by atoms with Gasteiger partial charge >= 0.3 is 0 Å². The lowest BCUT2D eigenvalue weighted by molar-refractivity contribution is 0.255. The van der Waals surface area contributed by atoms with Crippen molar-refractivity contribution in [2.45, 2.75) is 25.9 Å². The summed E-state index contributed by atoms with van der Waals surface area (Å²) in [5.41, 5.74) is 7.64. The summed E-state index contributed by atoms with van der Waals surface area (Å²) in [4.78, 5) is 2.42. The van der Waals surface area contributed by atoms with Gasteiger partial charge in [-0.05, 0) is 37.4 Å². The molecule has 3 heteroatoms. The molecule has 0 aliphatic carbocycles. The summed E-state index contributed by atoms with van der Waals surface area (Å²) in [7, 11) is 0. The third-order valence-electron chi connectivity index (χ3n) is 3.64. The summed E-state index contributed by atoms with van der Waals surface area (Å²) in [5.74, 6) is 0.610. The number of nitrogens with two attached hydrogens (primary N) is 1. The maximum atomic E-state index is 9.07. The van der Waals surface area contributed by atoms with E-state index in [9.17, 15) is 0 Å². The molecule has 17 heavy (non-hydrogen) atoms. The molecule has 0 spiro atoms. The van der Waals surface area contributed by atoms with Crippen LogP contribution < -0.4 is 5.73 Å². The van der Waals surface area contributed by atoms with Crippen LogP contribution in [0, 0.1) is 17.2 Å². The van der Waals surface area contributed by atoms with Gasteiger partial charge in [-0.3, -0.25) is 4.90 Å². The molecule has 0 saturated carbocycles. The van der Waals surface area contributed by atoms with Gasteiger partial charge in [-0.1, -0.05) is 18.2 Å². The van der Waals surface area contributed by atoms with Gasteiger partial charge in [0.1, 0.15) is 0 Å². The summed E-state index contributed by atoms with van der Waals surface area (Å²) in [6.45, 7) is 4.92. The molecule has 0 radical (unpaired) electrons. The Morgan fingerprint density at radius 2 is 2.24 bits per heavy atom. The maximum Gasteiger partial charge on any atom is 0.0995 e. The number of hydrogen-bond acceptors (Lipinski definition) is 3. The largest absolute Gasteiger partial charge is 0.330 e. The van der Waals surface area contributed by atoms with E-state index in [2.05, 4.69) is 17.9 Å². The first-order valence-electron chi connectivity index (χ1n) is 6.16. The molecule has 1 aromatic carbocycles. The Balaban J connectivity index is 2.09. The van der Waals surface area contributed by atoms with Crippen LogP contribution in [0.3, 0.4) is 0 Å². The summed E-state index contributed by atoms with van der Waals surface area (Å²) < 4.78 is 0. The van der Waals surface area contributed by atoms with Crippen molar-refractivity contribution in [3.05, 3.63) is 35.4 Å². The summed E-state index contributed by atoms with van der Waals surface area (Å²) in [5, 5.41) is 9.07. The average Bonchev–Trinajstić information content (AvgIpc) is 2.71. The van der Waals surface area contributed by atoms with E-state index < -0.39 is 0 Å². The number of likely N-dealkylation sites (tertiary alicyclic amines) is 1. The van der Waals surface area contributed by atoms with Gasteiger partial charge in [0, 0.05) is 19.1 Å². The van der Waals surface area contributed by atoms with Gasteiger partial charge in [0.05, 0.1) is 11.6 Å². The van der Waals surface area contributed by atoms with E-state index in [1.54, 1.807) is 0 Å². The molecule has 3 nitrogen and oxygen atoms in total. The van der Waals surface area contributed by atoms with E-state index in [4.69, 9.17) is 11.0 Å². The SMILES string of the molecule is CC1CC(CN)CN1Cc1ccccc1C#N. The molecule has 1 heterocycles. The molecule has 1 aliphatic rings. The molecular weight excluding hydrogens is 210 g/mol. The second-order valence-electron chi connectivity index (χ2n) is 4.88. The van der Waals surface area contributed by atoms with E-state index >= 15 is 0 Å². The summed E-state index contributed by atoms with van der Waals surface area (Å²) in [6, 6.07) is 10.7. The first-order chi connectivity index (χ1) is 8.24. The molecule has 1 fully saturated rings. The number of rotatable bonds is 3. The van der Waals surface area contributed by atoms with E-state index in [-0.39, 0.29) is 0 Å². The molecule has 1 aliphatic heterocycles. The van der Waals surface area contributed by atoms with Crippen molar-refractivity contribution in [2.24, 2.45) is 11.7 Å². The number of hydrogen-bond donors (Lipinski definition) is 1. The summed E-state index contributed by atoms with van der Waals surface area (Å²) in [6.07, 6.45) is 1.17. The third-order valence-corrected chi connectivity index (χ3v) is 3.64. The zero-order valence-corrected chi connectivity index (χ0v) is 10.3. The standard InChI is InChI=1S/C14H19N3/c1-11-6-12(7-15)9-17(11)10-14-5-3-2-4-13(14)8-16/h2-5,11-12H,6-7,9-10,15H2,1H3. The van der Waals surface area contributed by atoms with Gasteiger partial charge in [0.2, 0.25) is 0 Å². The molecule has 0 bridgehead atoms. The van der Waals surface area contributed by atoms with Crippen molar-refractivity contribution < 1.29 is 0 Å². The van der Waals surface area contributed by atoms with Crippen LogP contribution in [0.2, 0.25) is 0 Å². The van der Waals surface area contributed by atoms with E-state index in [0.29, 0.717) is 12.0 Å². The van der Waals surface area contributed by atoms with Gasteiger partial charge in [-0.2, -0.15) is 5.26 Å². The minimum Gasteiger partial charge on any atom is -0.330 e. The lowest BCUT2D eigenvalue weighted by Crippen LogP contribution is -2.27. The van der Waals surface area contributed by atoms with Gasteiger partial charge in [-0.15, -0.1) is 0 Å². The fourth-order valence-electron chi connectivity index (χ4n) is 2.59. The zero-order chi connectivity index (χ0) is 12.3. The topological polar surface area (TPSA) is 53.0 Å². The highest BCUT2D eigenvalue weighted by Crippen LogP contribution is 2.24. The maximum absolute atomic E-state index is 9.07. The van der Waals surface area contributed by atoms with Crippen molar-refractivity contribution in [3.8, 4) is 6.07 Å². The first kappa shape index (κ1) is 12.1. The van der Waals surface area contributed by atoms with Crippen LogP contribution in [0.1, 0.15) is 24.5 Å². The van der Waals surface area contributed by atoms with Crippen LogP contribution in [-0.4, -0.2) is 24.0 Å². The Morgan fingerprint density at radius 3 is 2.88 bits per heavy atom. The Bertz CT molecular complexity index is 422. The number of nitrogens with zero attached hydrogens (tertiary/aromatic N) is 2. The van der Waals surface area contributed by atoms with Crippen LogP contribution >= 0.6 is 0 Å². The molecule has 90 valence electrons. The van der Waals surface area contributed by atoms with Crippen molar-refractivity contribution in [1.29, 1.82) is 5.26 Å². The Morgan fingerprint density at radius 1 is 1.47 bits per heavy atom. The highest BCUT2D eigenvalue weighted by molar-refractivity contribution is 5.37. The van der Waals surface area contributed by atoms with Gasteiger partial charge in [0.15, 0.2) is 0 Å². The fraction of sp³-hybridized carbons (Fsp3) is 0.500. The molecule has 2 atom stereocenters. The molecule has 1 aromatic rings. The van der Waals surface area contributed by atoms with Crippen LogP contribution in [-0.2, 0) is 6.54 Å². The predicted molar refractivity (Wildman–Crippen MR) is 68.2 cm³/mol. The number of nitriles is 1. The third kappa shape index (κ3) is 2.66. The fourth-order valence-corrected chi connectivity index (χ4v) is 2.59. The lowest BCUT2D eigenvalue weighted by atomic mass is 10.1. The lowest BCUT2D eigenvalue weighted by Gasteiger charge is -2.21. The van der Waals surface area contributed by atoms with Crippen LogP contribution in [0.4, 0.5) is 0 Å². The van der Waals surface area contributed by atoms with Crippen molar-refractivity contribution in [2.75, 3.05) is 13.1 Å².